The first-order valence-corrected chi connectivity index (χ1v) is 12.5. The molecule has 1 saturated carbocycles. The van der Waals surface area contributed by atoms with Crippen LogP contribution in [0.25, 0.3) is 10.9 Å². The number of nitrogens with one attached hydrogen (secondary N) is 1. The van der Waals surface area contributed by atoms with E-state index in [2.05, 4.69) is 46.9 Å². The van der Waals surface area contributed by atoms with Crippen molar-refractivity contribution in [2.75, 3.05) is 38.7 Å². The molecule has 2 aromatic heterocycles. The maximum absolute atomic E-state index is 13.0. The number of pyridine rings is 1. The zero-order valence-corrected chi connectivity index (χ0v) is 22.2. The Morgan fingerprint density at radius 1 is 1.16 bits per heavy atom. The van der Waals surface area contributed by atoms with Crippen molar-refractivity contribution in [1.82, 2.24) is 14.5 Å². The Morgan fingerprint density at radius 3 is 2.42 bits per heavy atom. The van der Waals surface area contributed by atoms with E-state index < -0.39 is 12.7 Å². The predicted octanol–water partition coefficient (Wildman–Crippen LogP) is 4.91. The minimum atomic E-state index is -4.38. The number of hydrogen-bond acceptors (Lipinski definition) is 6. The van der Waals surface area contributed by atoms with Crippen molar-refractivity contribution in [3.63, 3.8) is 0 Å². The van der Waals surface area contributed by atoms with E-state index in [1.54, 1.807) is 36.4 Å². The van der Waals surface area contributed by atoms with Gasteiger partial charge in [0.1, 0.15) is 12.2 Å². The number of nitrogens with zero attached hydrogens (tertiary/aromatic N) is 3. The number of carbonyl (C=O) groups is 1. The van der Waals surface area contributed by atoms with Gasteiger partial charge < -0.3 is 26.3 Å². The number of aromatic nitrogens is 2. The highest BCUT2D eigenvalue weighted by molar-refractivity contribution is 5.92. The monoisotopic (exact) mass is 530 g/mol. The molecule has 3 aromatic rings. The van der Waals surface area contributed by atoms with Crippen molar-refractivity contribution < 1.29 is 18.0 Å². The Hall–Kier alpha value is -3.55. The van der Waals surface area contributed by atoms with Gasteiger partial charge in [-0.1, -0.05) is 31.2 Å². The normalized spacial score (nSPS) is 13.5. The maximum Gasteiger partial charge on any atom is 0.406 e. The van der Waals surface area contributed by atoms with Gasteiger partial charge in [-0.15, -0.1) is 0 Å². The first-order chi connectivity index (χ1) is 18.2. The summed E-state index contributed by atoms with van der Waals surface area (Å²) in [6.45, 7) is -0.945. The molecule has 0 radical (unpaired) electrons. The molecule has 38 heavy (non-hydrogen) atoms. The molecule has 1 aliphatic carbocycles. The number of alkyl halides is 3. The highest BCUT2D eigenvalue weighted by Crippen LogP contribution is 2.28. The lowest BCUT2D eigenvalue weighted by Crippen LogP contribution is -2.29. The standard InChI is InChI=1S/C19H15F3N4O.C8H17N.CH5N/c20-19(21,22)12-26-15(9-16-17(23)4-1-5-18(16)26)3-2-8-24-13-6-7-14(11-27)25-10-13;1-9(2)8-6-4-3-5-7-8;1-2/h1,4-7,9-11,24H,8,12,23H2;8H,3-7H2,1-2H3;2H2,1H3. The lowest BCUT2D eigenvalue weighted by molar-refractivity contribution is -0.140. The highest BCUT2D eigenvalue weighted by Gasteiger charge is 2.29. The fourth-order valence-electron chi connectivity index (χ4n) is 4.22. The van der Waals surface area contributed by atoms with Crippen LogP contribution >= 0.6 is 0 Å². The Labute approximate surface area is 222 Å². The topological polar surface area (TPSA) is 102 Å². The summed E-state index contributed by atoms with van der Waals surface area (Å²) in [5.41, 5.74) is 12.3. The third-order valence-corrected chi connectivity index (χ3v) is 6.13. The fraction of sp³-hybridized carbons (Fsp3) is 0.429. The largest absolute Gasteiger partial charge is 0.406 e. The molecule has 0 unspecified atom stereocenters. The lowest BCUT2D eigenvalue weighted by Gasteiger charge is -2.27. The summed E-state index contributed by atoms with van der Waals surface area (Å²) in [6, 6.07) is 10.5. The quantitative estimate of drug-likeness (QED) is 0.246. The average molecular weight is 531 g/mol. The van der Waals surface area contributed by atoms with Gasteiger partial charge in [0.05, 0.1) is 29.6 Å². The summed E-state index contributed by atoms with van der Waals surface area (Å²) in [5, 5.41) is 3.51. The number of halogens is 3. The zero-order valence-electron chi connectivity index (χ0n) is 22.2. The summed E-state index contributed by atoms with van der Waals surface area (Å²) in [7, 11) is 5.88. The second kappa shape index (κ2) is 15.0. The van der Waals surface area contributed by atoms with Crippen LogP contribution in [0, 0.1) is 11.8 Å². The lowest BCUT2D eigenvalue weighted by atomic mass is 9.95. The maximum atomic E-state index is 13.0. The average Bonchev–Trinajstić information content (AvgIpc) is 3.26. The number of aldehydes is 1. The molecule has 4 rings (SSSR count). The van der Waals surface area contributed by atoms with E-state index in [1.165, 1.54) is 45.3 Å². The molecule has 1 aromatic carbocycles. The van der Waals surface area contributed by atoms with E-state index in [1.807, 2.05) is 0 Å². The number of anilines is 2. The Kier molecular flexibility index (Phi) is 12.1. The van der Waals surface area contributed by atoms with Crippen LogP contribution in [0.1, 0.15) is 48.3 Å². The zero-order chi connectivity index (χ0) is 28.1. The minimum absolute atomic E-state index is 0.200. The number of benzene rings is 1. The van der Waals surface area contributed by atoms with Crippen molar-refractivity contribution in [1.29, 1.82) is 0 Å². The molecular formula is C28H37F3N6O. The number of nitrogen functional groups attached to an aromatic ring is 1. The first kappa shape index (κ1) is 30.7. The van der Waals surface area contributed by atoms with Crippen LogP contribution < -0.4 is 16.8 Å². The van der Waals surface area contributed by atoms with Crippen molar-refractivity contribution in [3.05, 3.63) is 54.0 Å². The summed E-state index contributed by atoms with van der Waals surface area (Å²) < 4.78 is 40.0. The van der Waals surface area contributed by atoms with Crippen LogP contribution in [0.3, 0.4) is 0 Å². The summed E-state index contributed by atoms with van der Waals surface area (Å²) >= 11 is 0. The van der Waals surface area contributed by atoms with Gasteiger partial charge in [-0.05, 0) is 70.2 Å². The number of fused-ring (bicyclic) bond motifs is 1. The third kappa shape index (κ3) is 9.39. The fourth-order valence-corrected chi connectivity index (χ4v) is 4.22. The van der Waals surface area contributed by atoms with Crippen LogP contribution in [0.5, 0.6) is 0 Å². The molecule has 0 atom stereocenters. The van der Waals surface area contributed by atoms with Gasteiger partial charge >= 0.3 is 6.18 Å². The van der Waals surface area contributed by atoms with Gasteiger partial charge in [0.25, 0.3) is 0 Å². The van der Waals surface area contributed by atoms with Gasteiger partial charge in [0.2, 0.25) is 0 Å². The van der Waals surface area contributed by atoms with Crippen LogP contribution in [0.2, 0.25) is 0 Å². The molecular weight excluding hydrogens is 493 g/mol. The Balaban J connectivity index is 0.000000387. The van der Waals surface area contributed by atoms with Crippen LogP contribution in [-0.2, 0) is 6.54 Å². The van der Waals surface area contributed by atoms with E-state index in [0.717, 1.165) is 10.6 Å². The molecule has 206 valence electrons. The van der Waals surface area contributed by atoms with Gasteiger partial charge in [0.15, 0.2) is 6.29 Å². The van der Waals surface area contributed by atoms with E-state index in [0.29, 0.717) is 34.3 Å². The van der Waals surface area contributed by atoms with Gasteiger partial charge in [0, 0.05) is 17.1 Å². The Morgan fingerprint density at radius 2 is 1.87 bits per heavy atom. The van der Waals surface area contributed by atoms with Crippen molar-refractivity contribution >= 4 is 28.6 Å². The number of nitrogens with two attached hydrogens (primary N) is 2. The SMILES string of the molecule is CN.CN(C)C1CCCCC1.Nc1cccc2c1cc(C#CCNc1ccc(C=O)nc1)n2CC(F)(F)F. The summed E-state index contributed by atoms with van der Waals surface area (Å²) in [5.74, 6) is 5.56. The molecule has 0 saturated heterocycles. The second-order valence-electron chi connectivity index (χ2n) is 9.01. The number of carbonyl (C=O) groups excluding carboxylic acids is 1. The molecule has 5 N–H and O–H groups in total. The van der Waals surface area contributed by atoms with Crippen molar-refractivity contribution in [2.24, 2.45) is 5.73 Å². The number of rotatable bonds is 5. The number of hydrogen-bond donors (Lipinski definition) is 3. The first-order valence-electron chi connectivity index (χ1n) is 12.5. The molecule has 0 aliphatic heterocycles. The molecule has 1 fully saturated rings. The summed E-state index contributed by atoms with van der Waals surface area (Å²) in [6.07, 6.45) is 4.94. The molecule has 10 heteroatoms. The van der Waals surface area contributed by atoms with Crippen molar-refractivity contribution in [2.45, 2.75) is 50.9 Å². The van der Waals surface area contributed by atoms with E-state index in [9.17, 15) is 18.0 Å². The second-order valence-corrected chi connectivity index (χ2v) is 9.01. The van der Waals surface area contributed by atoms with Crippen LogP contribution in [0.4, 0.5) is 24.5 Å². The van der Waals surface area contributed by atoms with Gasteiger partial charge in [-0.25, -0.2) is 0 Å². The predicted molar refractivity (Wildman–Crippen MR) is 148 cm³/mol. The third-order valence-electron chi connectivity index (χ3n) is 6.13. The van der Waals surface area contributed by atoms with E-state index in [4.69, 9.17) is 5.73 Å². The van der Waals surface area contributed by atoms with Gasteiger partial charge in [-0.3, -0.25) is 9.78 Å². The minimum Gasteiger partial charge on any atom is -0.398 e. The molecule has 7 nitrogen and oxygen atoms in total. The smallest absolute Gasteiger partial charge is 0.398 e. The summed E-state index contributed by atoms with van der Waals surface area (Å²) in [4.78, 5) is 16.8. The molecule has 0 amide bonds. The Bertz CT molecular complexity index is 1200. The molecule has 1 aliphatic rings. The van der Waals surface area contributed by atoms with E-state index >= 15 is 0 Å². The van der Waals surface area contributed by atoms with Crippen LogP contribution in [-0.4, -0.2) is 60.6 Å². The van der Waals surface area contributed by atoms with E-state index in [-0.39, 0.29) is 12.2 Å². The van der Waals surface area contributed by atoms with Crippen LogP contribution in [0.15, 0.2) is 42.6 Å². The van der Waals surface area contributed by atoms with Gasteiger partial charge in [-0.2, -0.15) is 13.2 Å². The highest BCUT2D eigenvalue weighted by atomic mass is 19.4. The molecule has 0 bridgehead atoms. The van der Waals surface area contributed by atoms with Crippen molar-refractivity contribution in [3.8, 4) is 11.8 Å². The molecule has 0 spiro atoms. The molecule has 2 heterocycles.